The van der Waals surface area contributed by atoms with Crippen molar-refractivity contribution in [2.24, 2.45) is 0 Å². The molecule has 0 aromatic rings. The van der Waals surface area contributed by atoms with Gasteiger partial charge in [-0.25, -0.2) is 0 Å². The lowest BCUT2D eigenvalue weighted by atomic mass is 10.1. The topological polar surface area (TPSA) is 27.7 Å². The molecule has 0 heterocycles. The van der Waals surface area contributed by atoms with Crippen molar-refractivity contribution in [1.29, 1.82) is 0 Å². The first-order valence-corrected chi connectivity index (χ1v) is 9.28. The van der Waals surface area contributed by atoms with Crippen LogP contribution in [0.3, 0.4) is 0 Å². The van der Waals surface area contributed by atoms with Crippen LogP contribution in [0.4, 0.5) is 0 Å². The quantitative estimate of drug-likeness (QED) is 0.272. The van der Waals surface area contributed by atoms with Crippen molar-refractivity contribution in [2.45, 2.75) is 44.6 Å². The van der Waals surface area contributed by atoms with Gasteiger partial charge in [0.15, 0.2) is 0 Å². The Morgan fingerprint density at radius 2 is 1.10 bits per heavy atom. The van der Waals surface area contributed by atoms with Crippen molar-refractivity contribution in [2.75, 3.05) is 49.0 Å². The van der Waals surface area contributed by atoms with E-state index in [9.17, 15) is 0 Å². The summed E-state index contributed by atoms with van der Waals surface area (Å²) in [6, 6.07) is 0.926. The maximum absolute atomic E-state index is 5.41. The van der Waals surface area contributed by atoms with Crippen LogP contribution in [0, 0.1) is 0 Å². The molecule has 0 fully saturated rings. The van der Waals surface area contributed by atoms with Gasteiger partial charge in [-0.1, -0.05) is 19.3 Å². The first-order valence-electron chi connectivity index (χ1n) is 7.35. The van der Waals surface area contributed by atoms with E-state index in [4.69, 9.17) is 13.3 Å². The van der Waals surface area contributed by atoms with Crippen LogP contribution in [0.1, 0.15) is 38.5 Å². The van der Waals surface area contributed by atoms with Gasteiger partial charge in [-0.3, -0.25) is 0 Å². The molecule has 20 heavy (non-hydrogen) atoms. The standard InChI is InChI=1S/C14H34NO3Si.BrH/c1-15(2,3)13-11-9-7-8-10-12-14-19(16-4,17-5)18-6;/h7-14H2,1-6H3;1H/q+1;/p-1. The van der Waals surface area contributed by atoms with Gasteiger partial charge >= 0.3 is 8.80 Å². The Labute approximate surface area is 137 Å². The number of hydrogen-bond donors (Lipinski definition) is 0. The number of halogens is 1. The summed E-state index contributed by atoms with van der Waals surface area (Å²) in [4.78, 5) is 0. The van der Waals surface area contributed by atoms with Gasteiger partial charge < -0.3 is 34.7 Å². The fraction of sp³-hybridized carbons (Fsp3) is 1.00. The predicted octanol–water partition coefficient (Wildman–Crippen LogP) is -0.0847. The fourth-order valence-corrected chi connectivity index (χ4v) is 3.99. The molecule has 0 aromatic heterocycles. The summed E-state index contributed by atoms with van der Waals surface area (Å²) >= 11 is 0. The Hall–Kier alpha value is 0.537. The molecule has 0 unspecified atom stereocenters. The lowest BCUT2D eigenvalue weighted by Gasteiger charge is -2.24. The minimum absolute atomic E-state index is 0. The second kappa shape index (κ2) is 12.1. The van der Waals surface area contributed by atoms with E-state index in [2.05, 4.69) is 21.1 Å². The van der Waals surface area contributed by atoms with Crippen LogP contribution in [0.5, 0.6) is 0 Å². The van der Waals surface area contributed by atoms with Crippen LogP contribution in [0.25, 0.3) is 0 Å². The molecule has 6 heteroatoms. The summed E-state index contributed by atoms with van der Waals surface area (Å²) in [5, 5.41) is 0. The fourth-order valence-electron chi connectivity index (χ4n) is 2.19. The Bertz CT molecular complexity index is 213. The molecular weight excluding hydrogens is 338 g/mol. The van der Waals surface area contributed by atoms with Crippen LogP contribution in [-0.2, 0) is 13.3 Å². The van der Waals surface area contributed by atoms with E-state index >= 15 is 0 Å². The van der Waals surface area contributed by atoms with Crippen molar-refractivity contribution in [1.82, 2.24) is 0 Å². The molecule has 4 nitrogen and oxygen atoms in total. The molecule has 0 amide bonds. The monoisotopic (exact) mass is 371 g/mol. The lowest BCUT2D eigenvalue weighted by Crippen LogP contribution is -3.00. The number of rotatable bonds is 12. The van der Waals surface area contributed by atoms with Crippen LogP contribution >= 0.6 is 0 Å². The molecule has 0 aromatic carbocycles. The molecule has 0 radical (unpaired) electrons. The highest BCUT2D eigenvalue weighted by Crippen LogP contribution is 2.18. The summed E-state index contributed by atoms with van der Waals surface area (Å²) < 4.78 is 17.3. The van der Waals surface area contributed by atoms with Crippen molar-refractivity contribution < 1.29 is 34.7 Å². The van der Waals surface area contributed by atoms with Gasteiger partial charge in [-0.05, 0) is 19.3 Å². The number of nitrogens with zero attached hydrogens (tertiary/aromatic N) is 1. The third-order valence-corrected chi connectivity index (χ3v) is 6.33. The average Bonchev–Trinajstić information content (AvgIpc) is 2.37. The van der Waals surface area contributed by atoms with E-state index in [-0.39, 0.29) is 17.0 Å². The number of unbranched alkanes of at least 4 members (excludes halogenated alkanes) is 5. The van der Waals surface area contributed by atoms with E-state index in [0.717, 1.165) is 16.9 Å². The van der Waals surface area contributed by atoms with Crippen molar-refractivity contribution in [3.63, 3.8) is 0 Å². The highest BCUT2D eigenvalue weighted by atomic mass is 79.9. The van der Waals surface area contributed by atoms with Gasteiger partial charge in [0.05, 0.1) is 27.7 Å². The molecule has 124 valence electrons. The Morgan fingerprint density at radius 1 is 0.700 bits per heavy atom. The highest BCUT2D eigenvalue weighted by Gasteiger charge is 2.36. The van der Waals surface area contributed by atoms with E-state index in [1.807, 2.05) is 0 Å². The molecular formula is C14H34BrNO3Si. The zero-order valence-electron chi connectivity index (χ0n) is 14.2. The molecule has 0 spiro atoms. The highest BCUT2D eigenvalue weighted by molar-refractivity contribution is 6.60. The molecule has 0 N–H and O–H groups in total. The molecule has 0 atom stereocenters. The third-order valence-electron chi connectivity index (χ3n) is 3.49. The van der Waals surface area contributed by atoms with E-state index in [0.29, 0.717) is 0 Å². The summed E-state index contributed by atoms with van der Waals surface area (Å²) in [5.74, 6) is 0. The van der Waals surface area contributed by atoms with Crippen molar-refractivity contribution >= 4 is 8.80 Å². The van der Waals surface area contributed by atoms with E-state index < -0.39 is 8.80 Å². The van der Waals surface area contributed by atoms with Crippen LogP contribution in [0.15, 0.2) is 0 Å². The van der Waals surface area contributed by atoms with Gasteiger partial charge in [-0.2, -0.15) is 0 Å². The van der Waals surface area contributed by atoms with Crippen molar-refractivity contribution in [3.8, 4) is 0 Å². The van der Waals surface area contributed by atoms with E-state index in [1.54, 1.807) is 21.3 Å². The zero-order valence-corrected chi connectivity index (χ0v) is 16.8. The Balaban J connectivity index is 0. The molecule has 0 saturated heterocycles. The van der Waals surface area contributed by atoms with Gasteiger partial charge in [0.1, 0.15) is 0 Å². The normalized spacial score (nSPS) is 12.3. The minimum atomic E-state index is -2.32. The predicted molar refractivity (Wildman–Crippen MR) is 82.2 cm³/mol. The molecule has 0 bridgehead atoms. The van der Waals surface area contributed by atoms with Gasteiger partial charge in [-0.15, -0.1) is 0 Å². The minimum Gasteiger partial charge on any atom is -1.00 e. The molecule has 0 rings (SSSR count). The SMILES string of the molecule is CO[Si](CCCCCCCC[N+](C)(C)C)(OC)OC.[Br-]. The van der Waals surface area contributed by atoms with E-state index in [1.165, 1.54) is 38.6 Å². The summed E-state index contributed by atoms with van der Waals surface area (Å²) in [7, 11) is 9.50. The van der Waals surface area contributed by atoms with Gasteiger partial charge in [0.25, 0.3) is 0 Å². The largest absolute Gasteiger partial charge is 1.00 e. The van der Waals surface area contributed by atoms with Crippen molar-refractivity contribution in [3.05, 3.63) is 0 Å². The molecule has 0 aliphatic carbocycles. The summed E-state index contributed by atoms with van der Waals surface area (Å²) in [5.41, 5.74) is 0. The van der Waals surface area contributed by atoms with Crippen LogP contribution in [-0.4, -0.2) is 62.3 Å². The molecule has 0 aliphatic heterocycles. The van der Waals surface area contributed by atoms with Crippen LogP contribution in [0.2, 0.25) is 6.04 Å². The smallest absolute Gasteiger partial charge is 0.500 e. The Morgan fingerprint density at radius 3 is 1.50 bits per heavy atom. The maximum atomic E-state index is 5.41. The Kier molecular flexibility index (Phi) is 13.8. The summed E-state index contributed by atoms with van der Waals surface area (Å²) in [6.45, 7) is 1.27. The number of quaternary nitrogens is 1. The maximum Gasteiger partial charge on any atom is 0.500 e. The lowest BCUT2D eigenvalue weighted by molar-refractivity contribution is -0.870. The number of hydrogen-bond acceptors (Lipinski definition) is 3. The second-order valence-corrected chi connectivity index (χ2v) is 9.27. The summed E-state index contributed by atoms with van der Waals surface area (Å²) in [6.07, 6.45) is 7.69. The van der Waals surface area contributed by atoms with Gasteiger partial charge in [0.2, 0.25) is 0 Å². The third kappa shape index (κ3) is 11.2. The first kappa shape index (κ1) is 22.8. The zero-order chi connectivity index (χ0) is 14.8. The van der Waals surface area contributed by atoms with Crippen LogP contribution < -0.4 is 17.0 Å². The first-order chi connectivity index (χ1) is 8.89. The molecule has 0 aliphatic rings. The second-order valence-electron chi connectivity index (χ2n) is 6.18. The average molecular weight is 372 g/mol. The van der Waals surface area contributed by atoms with Gasteiger partial charge in [0, 0.05) is 27.4 Å². The molecule has 0 saturated carbocycles.